The number of nitrogens with zero attached hydrogens (tertiary/aromatic N) is 1. The third-order valence-electron chi connectivity index (χ3n) is 5.18. The van der Waals surface area contributed by atoms with Crippen molar-refractivity contribution in [3.05, 3.63) is 35.4 Å². The minimum Gasteiger partial charge on any atom is -0.374 e. The maximum Gasteiger partial charge on any atom is 0.0896 e. The summed E-state index contributed by atoms with van der Waals surface area (Å²) in [6.07, 6.45) is 4.33. The summed E-state index contributed by atoms with van der Waals surface area (Å²) in [5.41, 5.74) is 2.99. The van der Waals surface area contributed by atoms with Crippen molar-refractivity contribution < 1.29 is 4.74 Å². The van der Waals surface area contributed by atoms with Gasteiger partial charge < -0.3 is 10.1 Å². The lowest BCUT2D eigenvalue weighted by Crippen LogP contribution is -2.47. The van der Waals surface area contributed by atoms with Crippen LogP contribution in [-0.2, 0) is 4.74 Å². The smallest absolute Gasteiger partial charge is 0.0896 e. The van der Waals surface area contributed by atoms with Crippen molar-refractivity contribution in [3.8, 4) is 0 Å². The Morgan fingerprint density at radius 3 is 2.81 bits per heavy atom. The third-order valence-corrected chi connectivity index (χ3v) is 5.18. The van der Waals surface area contributed by atoms with Crippen molar-refractivity contribution in [1.82, 2.24) is 10.2 Å². The Morgan fingerprint density at radius 1 is 1.33 bits per heavy atom. The SMILES string of the molecule is CCN1CCOC(C(NC)c2ccccc2C2CCC2)C1. The fourth-order valence-corrected chi connectivity index (χ4v) is 3.65. The number of nitrogens with one attached hydrogen (secondary N) is 1. The minimum atomic E-state index is 0.255. The molecule has 0 spiro atoms. The van der Waals surface area contributed by atoms with Gasteiger partial charge in [0.05, 0.1) is 18.8 Å². The summed E-state index contributed by atoms with van der Waals surface area (Å²) in [6.45, 7) is 6.29. The highest BCUT2D eigenvalue weighted by Gasteiger charge is 2.31. The van der Waals surface area contributed by atoms with Gasteiger partial charge in [0.1, 0.15) is 0 Å². The number of benzene rings is 1. The maximum absolute atomic E-state index is 6.10. The molecule has 0 radical (unpaired) electrons. The molecule has 0 bridgehead atoms. The largest absolute Gasteiger partial charge is 0.374 e. The van der Waals surface area contributed by atoms with Crippen LogP contribution in [0.15, 0.2) is 24.3 Å². The van der Waals surface area contributed by atoms with Crippen molar-refractivity contribution in [2.45, 2.75) is 44.2 Å². The first-order chi connectivity index (χ1) is 10.3. The monoisotopic (exact) mass is 288 g/mol. The second-order valence-corrected chi connectivity index (χ2v) is 6.33. The summed E-state index contributed by atoms with van der Waals surface area (Å²) in [4.78, 5) is 2.49. The molecule has 2 aliphatic rings. The summed E-state index contributed by atoms with van der Waals surface area (Å²) in [5, 5.41) is 3.52. The summed E-state index contributed by atoms with van der Waals surface area (Å²) < 4.78 is 6.10. The van der Waals surface area contributed by atoms with Crippen LogP contribution in [-0.4, -0.2) is 44.3 Å². The van der Waals surface area contributed by atoms with Crippen LogP contribution in [0.25, 0.3) is 0 Å². The highest BCUT2D eigenvalue weighted by atomic mass is 16.5. The highest BCUT2D eigenvalue weighted by Crippen LogP contribution is 2.40. The van der Waals surface area contributed by atoms with Crippen LogP contribution in [0, 0.1) is 0 Å². The summed E-state index contributed by atoms with van der Waals surface area (Å²) in [6, 6.07) is 9.27. The van der Waals surface area contributed by atoms with Crippen LogP contribution in [0.4, 0.5) is 0 Å². The van der Waals surface area contributed by atoms with E-state index in [-0.39, 0.29) is 6.10 Å². The molecule has 1 heterocycles. The van der Waals surface area contributed by atoms with Crippen LogP contribution < -0.4 is 5.32 Å². The van der Waals surface area contributed by atoms with Crippen LogP contribution >= 0.6 is 0 Å². The van der Waals surface area contributed by atoms with Gasteiger partial charge in [-0.15, -0.1) is 0 Å². The molecule has 1 aromatic carbocycles. The average Bonchev–Trinajstić information content (AvgIpc) is 2.48. The van der Waals surface area contributed by atoms with Crippen LogP contribution in [0.3, 0.4) is 0 Å². The molecule has 1 N–H and O–H groups in total. The molecule has 2 atom stereocenters. The van der Waals surface area contributed by atoms with Crippen molar-refractivity contribution in [2.75, 3.05) is 33.3 Å². The van der Waals surface area contributed by atoms with E-state index in [1.165, 1.54) is 24.8 Å². The lowest BCUT2D eigenvalue weighted by atomic mass is 9.76. The molecule has 3 heteroatoms. The van der Waals surface area contributed by atoms with E-state index >= 15 is 0 Å². The van der Waals surface area contributed by atoms with Crippen LogP contribution in [0.5, 0.6) is 0 Å². The lowest BCUT2D eigenvalue weighted by molar-refractivity contribution is -0.0446. The van der Waals surface area contributed by atoms with Gasteiger partial charge in [0.25, 0.3) is 0 Å². The molecule has 0 amide bonds. The van der Waals surface area contributed by atoms with Crippen molar-refractivity contribution >= 4 is 0 Å². The third kappa shape index (κ3) is 3.15. The second kappa shape index (κ2) is 6.91. The Balaban J connectivity index is 1.82. The number of rotatable bonds is 5. The number of morpholine rings is 1. The molecule has 116 valence electrons. The fourth-order valence-electron chi connectivity index (χ4n) is 3.65. The van der Waals surface area contributed by atoms with Gasteiger partial charge in [0.2, 0.25) is 0 Å². The summed E-state index contributed by atoms with van der Waals surface area (Å²) >= 11 is 0. The van der Waals surface area contributed by atoms with Crippen LogP contribution in [0.1, 0.15) is 49.3 Å². The van der Waals surface area contributed by atoms with E-state index in [0.717, 1.165) is 32.2 Å². The topological polar surface area (TPSA) is 24.5 Å². The molecule has 1 aliphatic heterocycles. The zero-order valence-electron chi connectivity index (χ0n) is 13.3. The minimum absolute atomic E-state index is 0.255. The zero-order chi connectivity index (χ0) is 14.7. The molecule has 1 saturated carbocycles. The molecule has 21 heavy (non-hydrogen) atoms. The standard InChI is InChI=1S/C18H28N2O/c1-3-20-11-12-21-17(13-20)18(19-2)16-10-5-4-9-15(16)14-7-6-8-14/h4-5,9-10,14,17-19H,3,6-8,11-13H2,1-2H3. The summed E-state index contributed by atoms with van der Waals surface area (Å²) in [5.74, 6) is 0.767. The van der Waals surface area contributed by atoms with E-state index in [4.69, 9.17) is 4.74 Å². The Labute approximate surface area is 128 Å². The molecule has 2 unspecified atom stereocenters. The van der Waals surface area contributed by atoms with E-state index in [1.807, 2.05) is 0 Å². The molecular weight excluding hydrogens is 260 g/mol. The van der Waals surface area contributed by atoms with Gasteiger partial charge in [-0.2, -0.15) is 0 Å². The fraction of sp³-hybridized carbons (Fsp3) is 0.667. The van der Waals surface area contributed by atoms with E-state index in [9.17, 15) is 0 Å². The molecule has 0 aromatic heterocycles. The second-order valence-electron chi connectivity index (χ2n) is 6.33. The molecule has 2 fully saturated rings. The van der Waals surface area contributed by atoms with Gasteiger partial charge in [-0.3, -0.25) is 4.90 Å². The number of likely N-dealkylation sites (N-methyl/N-ethyl adjacent to an activating group) is 2. The van der Waals surface area contributed by atoms with Gasteiger partial charge in [-0.1, -0.05) is 37.6 Å². The van der Waals surface area contributed by atoms with Gasteiger partial charge in [0.15, 0.2) is 0 Å². The Morgan fingerprint density at radius 2 is 2.14 bits per heavy atom. The molecule has 3 nitrogen and oxygen atoms in total. The molecule has 1 aliphatic carbocycles. The predicted molar refractivity (Wildman–Crippen MR) is 86.7 cm³/mol. The van der Waals surface area contributed by atoms with Crippen molar-refractivity contribution in [2.24, 2.45) is 0 Å². The van der Waals surface area contributed by atoms with E-state index in [2.05, 4.69) is 48.5 Å². The normalized spacial score (nSPS) is 25.5. The van der Waals surface area contributed by atoms with Crippen LogP contribution in [0.2, 0.25) is 0 Å². The van der Waals surface area contributed by atoms with E-state index < -0.39 is 0 Å². The first-order valence-electron chi connectivity index (χ1n) is 8.43. The maximum atomic E-state index is 6.10. The average molecular weight is 288 g/mol. The Hall–Kier alpha value is -0.900. The number of hydrogen-bond acceptors (Lipinski definition) is 3. The first kappa shape index (κ1) is 15.0. The highest BCUT2D eigenvalue weighted by molar-refractivity contribution is 5.35. The molecular formula is C18H28N2O. The first-order valence-corrected chi connectivity index (χ1v) is 8.43. The quantitative estimate of drug-likeness (QED) is 0.901. The molecule has 3 rings (SSSR count). The molecule has 1 aromatic rings. The Bertz CT molecular complexity index is 458. The van der Waals surface area contributed by atoms with Gasteiger partial charge in [-0.05, 0) is 43.5 Å². The van der Waals surface area contributed by atoms with Crippen molar-refractivity contribution in [1.29, 1.82) is 0 Å². The summed E-state index contributed by atoms with van der Waals surface area (Å²) in [7, 11) is 2.07. The zero-order valence-corrected chi connectivity index (χ0v) is 13.3. The predicted octanol–water partition coefficient (Wildman–Crippen LogP) is 2.94. The van der Waals surface area contributed by atoms with Gasteiger partial charge >= 0.3 is 0 Å². The van der Waals surface area contributed by atoms with E-state index in [1.54, 1.807) is 5.56 Å². The van der Waals surface area contributed by atoms with Gasteiger partial charge in [0, 0.05) is 13.1 Å². The number of hydrogen-bond donors (Lipinski definition) is 1. The number of ether oxygens (including phenoxy) is 1. The molecule has 1 saturated heterocycles. The van der Waals surface area contributed by atoms with Gasteiger partial charge in [-0.25, -0.2) is 0 Å². The Kier molecular flexibility index (Phi) is 4.94. The lowest BCUT2D eigenvalue weighted by Gasteiger charge is -2.38. The van der Waals surface area contributed by atoms with E-state index in [0.29, 0.717) is 6.04 Å². The van der Waals surface area contributed by atoms with Crippen molar-refractivity contribution in [3.63, 3.8) is 0 Å².